The van der Waals surface area contributed by atoms with Crippen LogP contribution >= 0.6 is 11.6 Å². The molecule has 5 heteroatoms. The standard InChI is InChI=1S/C18H17ClO4/c1-2-10-22-18(21)14-4-3-5-16(12-14)23-17(20)11-13-6-8-15(19)9-7-13/h3-9,12H,2,10-11H2,1H3. The summed E-state index contributed by atoms with van der Waals surface area (Å²) in [7, 11) is 0. The Hall–Kier alpha value is -2.33. The van der Waals surface area contributed by atoms with E-state index in [-0.39, 0.29) is 6.42 Å². The first-order chi connectivity index (χ1) is 11.1. The number of ether oxygens (including phenoxy) is 2. The summed E-state index contributed by atoms with van der Waals surface area (Å²) < 4.78 is 10.3. The van der Waals surface area contributed by atoms with E-state index >= 15 is 0 Å². The normalized spacial score (nSPS) is 10.2. The zero-order valence-electron chi connectivity index (χ0n) is 12.8. The molecule has 0 aromatic heterocycles. The fraction of sp³-hybridized carbons (Fsp3) is 0.222. The molecule has 0 atom stereocenters. The van der Waals surface area contributed by atoms with Crippen LogP contribution < -0.4 is 4.74 Å². The van der Waals surface area contributed by atoms with Gasteiger partial charge < -0.3 is 9.47 Å². The molecule has 2 rings (SSSR count). The highest BCUT2D eigenvalue weighted by Gasteiger charge is 2.11. The van der Waals surface area contributed by atoms with Gasteiger partial charge in [-0.3, -0.25) is 4.79 Å². The van der Waals surface area contributed by atoms with Crippen molar-refractivity contribution in [2.75, 3.05) is 6.61 Å². The van der Waals surface area contributed by atoms with Gasteiger partial charge in [0.25, 0.3) is 0 Å². The Morgan fingerprint density at radius 1 is 1.09 bits per heavy atom. The van der Waals surface area contributed by atoms with Crippen molar-refractivity contribution in [1.29, 1.82) is 0 Å². The minimum Gasteiger partial charge on any atom is -0.462 e. The van der Waals surface area contributed by atoms with Crippen LogP contribution in [0.3, 0.4) is 0 Å². The maximum Gasteiger partial charge on any atom is 0.338 e. The number of hydrogen-bond donors (Lipinski definition) is 0. The molecule has 0 amide bonds. The zero-order chi connectivity index (χ0) is 16.7. The van der Waals surface area contributed by atoms with Crippen molar-refractivity contribution in [3.05, 3.63) is 64.7 Å². The summed E-state index contributed by atoms with van der Waals surface area (Å²) in [5, 5.41) is 0.611. The zero-order valence-corrected chi connectivity index (χ0v) is 13.5. The second-order valence-electron chi connectivity index (χ2n) is 4.94. The van der Waals surface area contributed by atoms with E-state index in [1.54, 1.807) is 42.5 Å². The highest BCUT2D eigenvalue weighted by Crippen LogP contribution is 2.16. The van der Waals surface area contributed by atoms with Gasteiger partial charge in [0.05, 0.1) is 18.6 Å². The lowest BCUT2D eigenvalue weighted by atomic mass is 10.1. The summed E-state index contributed by atoms with van der Waals surface area (Å²) in [6.07, 6.45) is 0.878. The Labute approximate surface area is 140 Å². The van der Waals surface area contributed by atoms with E-state index < -0.39 is 11.9 Å². The molecule has 0 heterocycles. The summed E-state index contributed by atoms with van der Waals surface area (Å²) in [6.45, 7) is 2.28. The molecule has 23 heavy (non-hydrogen) atoms. The minimum atomic E-state index is -0.428. The number of halogens is 1. The van der Waals surface area contributed by atoms with Crippen LogP contribution in [-0.2, 0) is 16.0 Å². The van der Waals surface area contributed by atoms with Crippen LogP contribution in [0.2, 0.25) is 5.02 Å². The van der Waals surface area contributed by atoms with E-state index in [4.69, 9.17) is 21.1 Å². The van der Waals surface area contributed by atoms with Gasteiger partial charge in [-0.2, -0.15) is 0 Å². The van der Waals surface area contributed by atoms with Crippen LogP contribution in [0.4, 0.5) is 0 Å². The van der Waals surface area contributed by atoms with Crippen LogP contribution in [0.1, 0.15) is 29.3 Å². The number of carbonyl (C=O) groups is 2. The molecule has 0 unspecified atom stereocenters. The molecule has 0 saturated carbocycles. The highest BCUT2D eigenvalue weighted by atomic mass is 35.5. The summed E-state index contributed by atoms with van der Waals surface area (Å²) in [5.41, 5.74) is 1.16. The largest absolute Gasteiger partial charge is 0.462 e. The molecule has 0 spiro atoms. The van der Waals surface area contributed by atoms with Crippen LogP contribution in [0.5, 0.6) is 5.75 Å². The van der Waals surface area contributed by atoms with Gasteiger partial charge >= 0.3 is 11.9 Å². The Morgan fingerprint density at radius 2 is 1.83 bits per heavy atom. The Morgan fingerprint density at radius 3 is 2.52 bits per heavy atom. The van der Waals surface area contributed by atoms with E-state index in [1.807, 2.05) is 6.92 Å². The van der Waals surface area contributed by atoms with E-state index in [0.29, 0.717) is 22.9 Å². The summed E-state index contributed by atoms with van der Waals surface area (Å²) in [6, 6.07) is 13.4. The smallest absolute Gasteiger partial charge is 0.338 e. The van der Waals surface area contributed by atoms with Crippen molar-refractivity contribution in [2.24, 2.45) is 0 Å². The van der Waals surface area contributed by atoms with Gasteiger partial charge in [0, 0.05) is 5.02 Å². The van der Waals surface area contributed by atoms with Crippen molar-refractivity contribution in [3.8, 4) is 5.75 Å². The minimum absolute atomic E-state index is 0.127. The van der Waals surface area contributed by atoms with Crippen LogP contribution in [0.25, 0.3) is 0 Å². The van der Waals surface area contributed by atoms with Crippen molar-refractivity contribution in [1.82, 2.24) is 0 Å². The second-order valence-corrected chi connectivity index (χ2v) is 5.38. The van der Waals surface area contributed by atoms with Crippen molar-refractivity contribution >= 4 is 23.5 Å². The molecule has 4 nitrogen and oxygen atoms in total. The maximum atomic E-state index is 11.9. The molecule has 0 aliphatic rings. The van der Waals surface area contributed by atoms with Gasteiger partial charge in [-0.1, -0.05) is 36.7 Å². The molecule has 0 aliphatic carbocycles. The van der Waals surface area contributed by atoms with Crippen molar-refractivity contribution in [2.45, 2.75) is 19.8 Å². The molecule has 0 saturated heterocycles. The van der Waals surface area contributed by atoms with Gasteiger partial charge in [-0.05, 0) is 42.3 Å². The summed E-state index contributed by atoms with van der Waals surface area (Å²) in [4.78, 5) is 23.7. The van der Waals surface area contributed by atoms with Gasteiger partial charge in [0.15, 0.2) is 0 Å². The molecule has 0 N–H and O–H groups in total. The first-order valence-corrected chi connectivity index (χ1v) is 7.68. The third kappa shape index (κ3) is 5.42. The van der Waals surface area contributed by atoms with E-state index in [9.17, 15) is 9.59 Å². The fourth-order valence-electron chi connectivity index (χ4n) is 1.90. The van der Waals surface area contributed by atoms with Crippen LogP contribution in [0, 0.1) is 0 Å². The molecule has 2 aromatic carbocycles. The average molecular weight is 333 g/mol. The number of carbonyl (C=O) groups excluding carboxylic acids is 2. The number of hydrogen-bond acceptors (Lipinski definition) is 4. The van der Waals surface area contributed by atoms with E-state index in [2.05, 4.69) is 0 Å². The van der Waals surface area contributed by atoms with Gasteiger partial charge in [0.1, 0.15) is 5.75 Å². The molecule has 0 fully saturated rings. The topological polar surface area (TPSA) is 52.6 Å². The maximum absolute atomic E-state index is 11.9. The first kappa shape index (κ1) is 17.0. The molecule has 0 radical (unpaired) electrons. The second kappa shape index (κ2) is 8.34. The van der Waals surface area contributed by atoms with Gasteiger partial charge in [-0.15, -0.1) is 0 Å². The van der Waals surface area contributed by atoms with Gasteiger partial charge in [0.2, 0.25) is 0 Å². The quantitative estimate of drug-likeness (QED) is 0.591. The van der Waals surface area contributed by atoms with Crippen LogP contribution in [0.15, 0.2) is 48.5 Å². The first-order valence-electron chi connectivity index (χ1n) is 7.31. The molecule has 2 aromatic rings. The number of rotatable bonds is 6. The molecule has 0 aliphatic heterocycles. The SMILES string of the molecule is CCCOC(=O)c1cccc(OC(=O)Cc2ccc(Cl)cc2)c1. The molecule has 0 bridgehead atoms. The van der Waals surface area contributed by atoms with E-state index in [1.165, 1.54) is 6.07 Å². The Balaban J connectivity index is 1.98. The number of esters is 2. The van der Waals surface area contributed by atoms with Crippen LogP contribution in [-0.4, -0.2) is 18.5 Å². The highest BCUT2D eigenvalue weighted by molar-refractivity contribution is 6.30. The third-order valence-corrected chi connectivity index (χ3v) is 3.25. The Bertz CT molecular complexity index is 680. The molecule has 120 valence electrons. The van der Waals surface area contributed by atoms with Crippen molar-refractivity contribution in [3.63, 3.8) is 0 Å². The summed E-state index contributed by atoms with van der Waals surface area (Å²) in [5.74, 6) is -0.524. The molecular formula is C18H17ClO4. The lowest BCUT2D eigenvalue weighted by Gasteiger charge is -2.07. The van der Waals surface area contributed by atoms with E-state index in [0.717, 1.165) is 12.0 Å². The Kier molecular flexibility index (Phi) is 6.18. The lowest BCUT2D eigenvalue weighted by molar-refractivity contribution is -0.133. The predicted octanol–water partition coefficient (Wildman–Crippen LogP) is 4.05. The molecular weight excluding hydrogens is 316 g/mol. The lowest BCUT2D eigenvalue weighted by Crippen LogP contribution is -2.12. The average Bonchev–Trinajstić information content (AvgIpc) is 2.55. The predicted molar refractivity (Wildman–Crippen MR) is 87.8 cm³/mol. The van der Waals surface area contributed by atoms with Gasteiger partial charge in [-0.25, -0.2) is 4.79 Å². The van der Waals surface area contributed by atoms with Crippen molar-refractivity contribution < 1.29 is 19.1 Å². The summed E-state index contributed by atoms with van der Waals surface area (Å²) >= 11 is 5.80. The monoisotopic (exact) mass is 332 g/mol. The number of benzene rings is 2. The third-order valence-electron chi connectivity index (χ3n) is 3.00. The fourth-order valence-corrected chi connectivity index (χ4v) is 2.03.